The first-order chi connectivity index (χ1) is 7.68. The molecule has 1 saturated heterocycles. The third-order valence-corrected chi connectivity index (χ3v) is 3.31. The average Bonchev–Trinajstić information content (AvgIpc) is 2.30. The quantitative estimate of drug-likeness (QED) is 0.907. The number of aromatic carboxylic acids is 1. The van der Waals surface area contributed by atoms with Gasteiger partial charge in [-0.15, -0.1) is 0 Å². The minimum atomic E-state index is -0.946. The van der Waals surface area contributed by atoms with E-state index in [-0.39, 0.29) is 5.56 Å². The lowest BCUT2D eigenvalue weighted by atomic mass is 10.1. The molecule has 0 aromatic carbocycles. The summed E-state index contributed by atoms with van der Waals surface area (Å²) in [5, 5.41) is 8.84. The summed E-state index contributed by atoms with van der Waals surface area (Å²) in [6.45, 7) is 2.00. The van der Waals surface area contributed by atoms with E-state index in [4.69, 9.17) is 5.11 Å². The zero-order valence-corrected chi connectivity index (χ0v) is 10.4. The highest BCUT2D eigenvalue weighted by molar-refractivity contribution is 9.10. The molecule has 1 aliphatic heterocycles. The van der Waals surface area contributed by atoms with Crippen LogP contribution in [0.4, 0.5) is 5.82 Å². The third kappa shape index (κ3) is 2.35. The Hall–Kier alpha value is -1.10. The number of carboxylic acid groups (broad SMARTS) is 1. The van der Waals surface area contributed by atoms with Crippen LogP contribution in [0.5, 0.6) is 0 Å². The average molecular weight is 285 g/mol. The van der Waals surface area contributed by atoms with Gasteiger partial charge in [-0.2, -0.15) is 0 Å². The van der Waals surface area contributed by atoms with Crippen LogP contribution >= 0.6 is 15.9 Å². The van der Waals surface area contributed by atoms with Gasteiger partial charge in [-0.3, -0.25) is 0 Å². The number of hydrogen-bond donors (Lipinski definition) is 1. The Morgan fingerprint density at radius 3 is 2.62 bits per heavy atom. The van der Waals surface area contributed by atoms with Gasteiger partial charge in [-0.25, -0.2) is 9.78 Å². The van der Waals surface area contributed by atoms with Crippen molar-refractivity contribution < 1.29 is 9.90 Å². The minimum Gasteiger partial charge on any atom is -0.478 e. The van der Waals surface area contributed by atoms with Gasteiger partial charge in [0.15, 0.2) is 0 Å². The number of rotatable bonds is 2. The molecule has 0 aliphatic carbocycles. The molecule has 0 bridgehead atoms. The van der Waals surface area contributed by atoms with Gasteiger partial charge < -0.3 is 10.0 Å². The van der Waals surface area contributed by atoms with Crippen LogP contribution in [0.1, 0.15) is 29.6 Å². The first kappa shape index (κ1) is 11.4. The van der Waals surface area contributed by atoms with Gasteiger partial charge in [0.05, 0.1) is 10.0 Å². The highest BCUT2D eigenvalue weighted by Gasteiger charge is 2.16. The zero-order valence-electron chi connectivity index (χ0n) is 8.82. The Labute approximate surface area is 102 Å². The second-order valence-corrected chi connectivity index (χ2v) is 4.74. The summed E-state index contributed by atoms with van der Waals surface area (Å²) in [5.74, 6) is -0.0944. The van der Waals surface area contributed by atoms with Gasteiger partial charge in [-0.05, 0) is 41.3 Å². The molecule has 86 valence electrons. The van der Waals surface area contributed by atoms with E-state index in [1.54, 1.807) is 6.07 Å². The van der Waals surface area contributed by atoms with E-state index >= 15 is 0 Å². The number of anilines is 1. The number of piperidine rings is 1. The Kier molecular flexibility index (Phi) is 3.43. The summed E-state index contributed by atoms with van der Waals surface area (Å²) in [6.07, 6.45) is 5.03. The van der Waals surface area contributed by atoms with E-state index in [0.717, 1.165) is 23.4 Å². The summed E-state index contributed by atoms with van der Waals surface area (Å²) in [5.41, 5.74) is 0.215. The third-order valence-electron chi connectivity index (χ3n) is 2.72. The normalized spacial score (nSPS) is 16.2. The maximum Gasteiger partial charge on any atom is 0.337 e. The number of pyridine rings is 1. The molecule has 0 unspecified atom stereocenters. The smallest absolute Gasteiger partial charge is 0.337 e. The van der Waals surface area contributed by atoms with Crippen molar-refractivity contribution in [2.45, 2.75) is 19.3 Å². The van der Waals surface area contributed by atoms with Gasteiger partial charge >= 0.3 is 5.97 Å². The van der Waals surface area contributed by atoms with Crippen molar-refractivity contribution in [3.63, 3.8) is 0 Å². The largest absolute Gasteiger partial charge is 0.478 e. The Morgan fingerprint density at radius 2 is 2.06 bits per heavy atom. The molecule has 1 aromatic heterocycles. The molecular formula is C11H13BrN2O2. The highest BCUT2D eigenvalue weighted by atomic mass is 79.9. The predicted molar refractivity (Wildman–Crippen MR) is 65.0 cm³/mol. The lowest BCUT2D eigenvalue weighted by Crippen LogP contribution is -2.30. The molecule has 0 amide bonds. The number of carboxylic acids is 1. The summed E-state index contributed by atoms with van der Waals surface area (Å²) >= 11 is 3.38. The predicted octanol–water partition coefficient (Wildman–Crippen LogP) is 2.53. The van der Waals surface area contributed by atoms with Crippen molar-refractivity contribution in [2.24, 2.45) is 0 Å². The van der Waals surface area contributed by atoms with Gasteiger partial charge in [0.2, 0.25) is 0 Å². The fourth-order valence-corrected chi connectivity index (χ4v) is 2.49. The van der Waals surface area contributed by atoms with Gasteiger partial charge in [0, 0.05) is 19.3 Å². The van der Waals surface area contributed by atoms with Crippen molar-refractivity contribution in [1.29, 1.82) is 0 Å². The lowest BCUT2D eigenvalue weighted by molar-refractivity contribution is 0.0696. The molecule has 1 aromatic rings. The van der Waals surface area contributed by atoms with Crippen molar-refractivity contribution in [1.82, 2.24) is 4.98 Å². The molecule has 1 N–H and O–H groups in total. The lowest BCUT2D eigenvalue weighted by Gasteiger charge is -2.28. The van der Waals surface area contributed by atoms with Gasteiger partial charge in [0.25, 0.3) is 0 Å². The standard InChI is InChI=1S/C11H13BrN2O2/c12-9-6-8(11(15)16)7-13-10(9)14-4-2-1-3-5-14/h6-7H,1-5H2,(H,15,16). The van der Waals surface area contributed by atoms with E-state index in [0.29, 0.717) is 0 Å². The topological polar surface area (TPSA) is 53.4 Å². The first-order valence-corrected chi connectivity index (χ1v) is 6.11. The van der Waals surface area contributed by atoms with Crippen molar-refractivity contribution >= 4 is 27.7 Å². The number of hydrogen-bond acceptors (Lipinski definition) is 3. The number of aromatic nitrogens is 1. The SMILES string of the molecule is O=C(O)c1cnc(N2CCCCC2)c(Br)c1. The van der Waals surface area contributed by atoms with Crippen LogP contribution in [-0.4, -0.2) is 29.1 Å². The minimum absolute atomic E-state index is 0.215. The molecule has 1 fully saturated rings. The summed E-state index contributed by atoms with van der Waals surface area (Å²) < 4.78 is 0.759. The van der Waals surface area contributed by atoms with Crippen LogP contribution in [0.25, 0.3) is 0 Å². The number of carbonyl (C=O) groups is 1. The Balaban J connectivity index is 2.24. The van der Waals surface area contributed by atoms with E-state index in [9.17, 15) is 4.79 Å². The molecule has 4 nitrogen and oxygen atoms in total. The zero-order chi connectivity index (χ0) is 11.5. The number of nitrogens with zero attached hydrogens (tertiary/aromatic N) is 2. The molecule has 0 saturated carbocycles. The number of halogens is 1. The Morgan fingerprint density at radius 1 is 1.38 bits per heavy atom. The van der Waals surface area contributed by atoms with E-state index in [1.807, 2.05) is 0 Å². The van der Waals surface area contributed by atoms with Crippen molar-refractivity contribution in [2.75, 3.05) is 18.0 Å². The molecule has 16 heavy (non-hydrogen) atoms. The molecule has 2 rings (SSSR count). The van der Waals surface area contributed by atoms with Crippen LogP contribution in [0, 0.1) is 0 Å². The summed E-state index contributed by atoms with van der Waals surface area (Å²) in [7, 11) is 0. The molecule has 1 aliphatic rings. The summed E-state index contributed by atoms with van der Waals surface area (Å²) in [4.78, 5) is 17.2. The van der Waals surface area contributed by atoms with Gasteiger partial charge in [-0.1, -0.05) is 0 Å². The molecule has 0 spiro atoms. The van der Waals surface area contributed by atoms with E-state index < -0.39 is 5.97 Å². The van der Waals surface area contributed by atoms with Crippen LogP contribution < -0.4 is 4.90 Å². The fourth-order valence-electron chi connectivity index (χ4n) is 1.89. The Bertz CT molecular complexity index is 403. The molecular weight excluding hydrogens is 272 g/mol. The first-order valence-electron chi connectivity index (χ1n) is 5.32. The molecule has 5 heteroatoms. The second kappa shape index (κ2) is 4.82. The van der Waals surface area contributed by atoms with Crippen LogP contribution in [0.2, 0.25) is 0 Å². The highest BCUT2D eigenvalue weighted by Crippen LogP contribution is 2.27. The maximum absolute atomic E-state index is 10.8. The van der Waals surface area contributed by atoms with E-state index in [1.165, 1.54) is 25.5 Å². The van der Waals surface area contributed by atoms with E-state index in [2.05, 4.69) is 25.8 Å². The van der Waals surface area contributed by atoms with Crippen LogP contribution in [0.15, 0.2) is 16.7 Å². The summed E-state index contributed by atoms with van der Waals surface area (Å²) in [6, 6.07) is 1.61. The molecule has 0 atom stereocenters. The molecule has 0 radical (unpaired) electrons. The fraction of sp³-hybridized carbons (Fsp3) is 0.455. The van der Waals surface area contributed by atoms with Crippen molar-refractivity contribution in [3.05, 3.63) is 22.3 Å². The van der Waals surface area contributed by atoms with Crippen LogP contribution in [-0.2, 0) is 0 Å². The van der Waals surface area contributed by atoms with Crippen LogP contribution in [0.3, 0.4) is 0 Å². The van der Waals surface area contributed by atoms with Gasteiger partial charge in [0.1, 0.15) is 5.82 Å². The monoisotopic (exact) mass is 284 g/mol. The molecule has 2 heterocycles. The maximum atomic E-state index is 10.8. The van der Waals surface area contributed by atoms with Crippen molar-refractivity contribution in [3.8, 4) is 0 Å². The second-order valence-electron chi connectivity index (χ2n) is 3.88.